The van der Waals surface area contributed by atoms with Crippen molar-refractivity contribution in [3.63, 3.8) is 0 Å². The predicted octanol–water partition coefficient (Wildman–Crippen LogP) is 4.96. The van der Waals surface area contributed by atoms with Crippen molar-refractivity contribution in [1.29, 1.82) is 0 Å². The number of nitrogens with two attached hydrogens (primary N) is 1. The third-order valence-electron chi connectivity index (χ3n) is 6.12. The van der Waals surface area contributed by atoms with Gasteiger partial charge in [0.15, 0.2) is 0 Å². The zero-order chi connectivity index (χ0) is 22.8. The van der Waals surface area contributed by atoms with E-state index in [9.17, 15) is 4.79 Å². The molecule has 1 aliphatic heterocycles. The van der Waals surface area contributed by atoms with Gasteiger partial charge < -0.3 is 15.2 Å². The lowest BCUT2D eigenvalue weighted by Gasteiger charge is -2.18. The Balaban J connectivity index is 1.50. The van der Waals surface area contributed by atoms with Crippen LogP contribution >= 0.6 is 0 Å². The Kier molecular flexibility index (Phi) is 5.84. The molecule has 0 spiro atoms. The standard InChI is InChI=1S/C27H27N3O3/c1-2-32-24-16-20(18-9-5-3-6-10-18)15-22-25(24)26(31)30(27(28)29-22)17-21-13-14-23(33-21)19-11-7-4-8-12-19/h3-12,15-16,21,23H,2,13-14,17H2,1H3,(H2,28,29). The highest BCUT2D eigenvalue weighted by molar-refractivity contribution is 5.90. The normalized spacial score (nSPS) is 18.0. The van der Waals surface area contributed by atoms with E-state index in [-0.39, 0.29) is 23.7 Å². The molecule has 168 valence electrons. The molecule has 1 saturated heterocycles. The van der Waals surface area contributed by atoms with Gasteiger partial charge in [0.2, 0.25) is 5.95 Å². The summed E-state index contributed by atoms with van der Waals surface area (Å²) in [4.78, 5) is 18.1. The number of aromatic nitrogens is 2. The molecule has 3 aromatic carbocycles. The van der Waals surface area contributed by atoms with Crippen LogP contribution in [-0.4, -0.2) is 22.3 Å². The SMILES string of the molecule is CCOc1cc(-c2ccccc2)cc2nc(N)n(CC3CCC(c4ccccc4)O3)c(=O)c12. The number of hydrogen-bond donors (Lipinski definition) is 1. The van der Waals surface area contributed by atoms with Crippen molar-refractivity contribution in [2.75, 3.05) is 12.3 Å². The van der Waals surface area contributed by atoms with E-state index in [1.54, 1.807) is 0 Å². The zero-order valence-electron chi connectivity index (χ0n) is 18.6. The number of nitrogen functional groups attached to an aromatic ring is 1. The van der Waals surface area contributed by atoms with Crippen molar-refractivity contribution >= 4 is 16.9 Å². The Morgan fingerprint density at radius 2 is 1.76 bits per heavy atom. The summed E-state index contributed by atoms with van der Waals surface area (Å²) in [7, 11) is 0. The maximum atomic E-state index is 13.5. The topological polar surface area (TPSA) is 79.4 Å². The van der Waals surface area contributed by atoms with E-state index in [2.05, 4.69) is 17.1 Å². The van der Waals surface area contributed by atoms with Crippen LogP contribution < -0.4 is 16.0 Å². The van der Waals surface area contributed by atoms with Gasteiger partial charge in [-0.1, -0.05) is 60.7 Å². The van der Waals surface area contributed by atoms with E-state index >= 15 is 0 Å². The maximum Gasteiger partial charge on any atom is 0.266 e. The van der Waals surface area contributed by atoms with Gasteiger partial charge in [-0.25, -0.2) is 4.98 Å². The Bertz CT molecular complexity index is 1320. The maximum absolute atomic E-state index is 13.5. The van der Waals surface area contributed by atoms with E-state index in [1.165, 1.54) is 4.57 Å². The molecule has 2 atom stereocenters. The number of hydrogen-bond acceptors (Lipinski definition) is 5. The Morgan fingerprint density at radius 3 is 2.48 bits per heavy atom. The second kappa shape index (κ2) is 9.08. The molecule has 0 amide bonds. The van der Waals surface area contributed by atoms with Crippen LogP contribution in [0.5, 0.6) is 5.75 Å². The van der Waals surface area contributed by atoms with Gasteiger partial charge in [0, 0.05) is 0 Å². The molecule has 2 heterocycles. The van der Waals surface area contributed by atoms with Crippen molar-refractivity contribution in [1.82, 2.24) is 9.55 Å². The summed E-state index contributed by atoms with van der Waals surface area (Å²) < 4.78 is 13.6. The molecule has 4 aromatic rings. The zero-order valence-corrected chi connectivity index (χ0v) is 18.6. The minimum absolute atomic E-state index is 0.0361. The number of ether oxygens (including phenoxy) is 2. The fourth-order valence-electron chi connectivity index (χ4n) is 4.53. The second-order valence-electron chi connectivity index (χ2n) is 8.29. The molecule has 6 heteroatoms. The summed E-state index contributed by atoms with van der Waals surface area (Å²) in [5.74, 6) is 0.710. The van der Waals surface area contributed by atoms with Gasteiger partial charge in [0.05, 0.1) is 30.9 Å². The number of anilines is 1. The van der Waals surface area contributed by atoms with E-state index in [0.717, 1.165) is 29.5 Å². The van der Waals surface area contributed by atoms with Crippen molar-refractivity contribution in [3.05, 3.63) is 88.7 Å². The van der Waals surface area contributed by atoms with Gasteiger partial charge in [0.1, 0.15) is 11.1 Å². The summed E-state index contributed by atoms with van der Waals surface area (Å²) in [6.45, 7) is 2.71. The number of rotatable bonds is 6. The summed E-state index contributed by atoms with van der Waals surface area (Å²) in [5.41, 5.74) is 9.73. The van der Waals surface area contributed by atoms with Gasteiger partial charge in [0.25, 0.3) is 5.56 Å². The van der Waals surface area contributed by atoms with E-state index < -0.39 is 0 Å². The molecule has 1 aliphatic rings. The van der Waals surface area contributed by atoms with Gasteiger partial charge in [-0.3, -0.25) is 9.36 Å². The van der Waals surface area contributed by atoms with Gasteiger partial charge in [-0.15, -0.1) is 0 Å². The largest absolute Gasteiger partial charge is 0.493 e. The smallest absolute Gasteiger partial charge is 0.266 e. The quantitative estimate of drug-likeness (QED) is 0.457. The van der Waals surface area contributed by atoms with Crippen LogP contribution in [0.3, 0.4) is 0 Å². The molecule has 0 bridgehead atoms. The van der Waals surface area contributed by atoms with Gasteiger partial charge in [-0.2, -0.15) is 0 Å². The second-order valence-corrected chi connectivity index (χ2v) is 8.29. The third kappa shape index (κ3) is 4.22. The monoisotopic (exact) mass is 441 g/mol. The summed E-state index contributed by atoms with van der Waals surface area (Å²) in [6.07, 6.45) is 1.70. The lowest BCUT2D eigenvalue weighted by molar-refractivity contribution is 0.0348. The van der Waals surface area contributed by atoms with Crippen LogP contribution in [0.15, 0.2) is 77.6 Å². The molecule has 2 N–H and O–H groups in total. The molecule has 0 aliphatic carbocycles. The molecule has 0 radical (unpaired) electrons. The van der Waals surface area contributed by atoms with Crippen LogP contribution in [0.2, 0.25) is 0 Å². The molecule has 1 aromatic heterocycles. The van der Waals surface area contributed by atoms with Crippen LogP contribution in [0.25, 0.3) is 22.0 Å². The highest BCUT2D eigenvalue weighted by Gasteiger charge is 2.28. The van der Waals surface area contributed by atoms with Gasteiger partial charge in [-0.05, 0) is 48.6 Å². The predicted molar refractivity (Wildman–Crippen MR) is 130 cm³/mol. The molecule has 33 heavy (non-hydrogen) atoms. The summed E-state index contributed by atoms with van der Waals surface area (Å²) in [5, 5.41) is 0.448. The Morgan fingerprint density at radius 1 is 1.03 bits per heavy atom. The van der Waals surface area contributed by atoms with Crippen LogP contribution in [-0.2, 0) is 11.3 Å². The van der Waals surface area contributed by atoms with Crippen molar-refractivity contribution in [2.45, 2.75) is 38.5 Å². The fraction of sp³-hybridized carbons (Fsp3) is 0.259. The fourth-order valence-corrected chi connectivity index (χ4v) is 4.53. The molecule has 2 unspecified atom stereocenters. The highest BCUT2D eigenvalue weighted by Crippen LogP contribution is 2.34. The molecule has 0 saturated carbocycles. The average Bonchev–Trinajstić information content (AvgIpc) is 3.31. The number of nitrogens with zero attached hydrogens (tertiary/aromatic N) is 2. The van der Waals surface area contributed by atoms with E-state index in [4.69, 9.17) is 15.2 Å². The summed E-state index contributed by atoms with van der Waals surface area (Å²) >= 11 is 0. The first kappa shape index (κ1) is 21.2. The van der Waals surface area contributed by atoms with Crippen molar-refractivity contribution in [2.24, 2.45) is 0 Å². The van der Waals surface area contributed by atoms with Crippen LogP contribution in [0.4, 0.5) is 5.95 Å². The van der Waals surface area contributed by atoms with Crippen molar-refractivity contribution in [3.8, 4) is 16.9 Å². The lowest BCUT2D eigenvalue weighted by atomic mass is 10.0. The minimum atomic E-state index is -0.202. The molecular weight excluding hydrogens is 414 g/mol. The third-order valence-corrected chi connectivity index (χ3v) is 6.12. The minimum Gasteiger partial charge on any atom is -0.493 e. The number of fused-ring (bicyclic) bond motifs is 1. The molecule has 1 fully saturated rings. The average molecular weight is 442 g/mol. The highest BCUT2D eigenvalue weighted by atomic mass is 16.5. The Labute approximate surface area is 192 Å². The van der Waals surface area contributed by atoms with E-state index in [1.807, 2.05) is 67.6 Å². The lowest BCUT2D eigenvalue weighted by Crippen LogP contribution is -2.30. The number of benzene rings is 3. The van der Waals surface area contributed by atoms with Crippen LogP contribution in [0, 0.1) is 0 Å². The first-order valence-electron chi connectivity index (χ1n) is 11.4. The molecule has 6 nitrogen and oxygen atoms in total. The molecular formula is C27H27N3O3. The first-order chi connectivity index (χ1) is 16.1. The van der Waals surface area contributed by atoms with E-state index in [0.29, 0.717) is 29.8 Å². The van der Waals surface area contributed by atoms with Crippen molar-refractivity contribution < 1.29 is 9.47 Å². The first-order valence-corrected chi connectivity index (χ1v) is 11.4. The summed E-state index contributed by atoms with van der Waals surface area (Å²) in [6, 6.07) is 23.9. The van der Waals surface area contributed by atoms with Gasteiger partial charge >= 0.3 is 0 Å². The Hall–Kier alpha value is -3.64. The van der Waals surface area contributed by atoms with Crippen LogP contribution in [0.1, 0.15) is 31.4 Å². The molecule has 5 rings (SSSR count).